The Hall–Kier alpha value is -1.50. The van der Waals surface area contributed by atoms with E-state index in [-0.39, 0.29) is 0 Å². The minimum atomic E-state index is 0.648. The number of aromatic amines is 1. The summed E-state index contributed by atoms with van der Waals surface area (Å²) in [6, 6.07) is 0. The molecular weight excluding hydrogens is 212 g/mol. The van der Waals surface area contributed by atoms with E-state index in [1.54, 1.807) is 6.33 Å². The molecule has 2 aromatic heterocycles. The summed E-state index contributed by atoms with van der Waals surface area (Å²) >= 11 is 5.10. The van der Waals surface area contributed by atoms with Gasteiger partial charge in [-0.2, -0.15) is 5.10 Å². The molecule has 0 fully saturated rings. The Balaban J connectivity index is 2.12. The molecule has 2 aromatic rings. The van der Waals surface area contributed by atoms with Gasteiger partial charge in [0.15, 0.2) is 4.77 Å². The molecule has 1 N–H and O–H groups in total. The Morgan fingerprint density at radius 3 is 2.87 bits per heavy atom. The predicted octanol–water partition coefficient (Wildman–Crippen LogP) is 0.620. The average Bonchev–Trinajstić information content (AvgIpc) is 2.73. The van der Waals surface area contributed by atoms with E-state index in [2.05, 4.69) is 20.4 Å². The van der Waals surface area contributed by atoms with E-state index in [1.165, 1.54) is 0 Å². The number of rotatable bonds is 3. The summed E-state index contributed by atoms with van der Waals surface area (Å²) in [6.45, 7) is 2.69. The molecule has 0 aliphatic rings. The van der Waals surface area contributed by atoms with Gasteiger partial charge in [0.05, 0.1) is 0 Å². The van der Waals surface area contributed by atoms with E-state index in [1.807, 2.05) is 23.1 Å². The van der Waals surface area contributed by atoms with Gasteiger partial charge in [0, 0.05) is 20.0 Å². The zero-order valence-corrected chi connectivity index (χ0v) is 9.45. The van der Waals surface area contributed by atoms with Crippen LogP contribution in [0.25, 0.3) is 0 Å². The third kappa shape index (κ3) is 1.96. The van der Waals surface area contributed by atoms with E-state index >= 15 is 0 Å². The highest BCUT2D eigenvalue weighted by molar-refractivity contribution is 7.71. The molecule has 0 aliphatic heterocycles. The van der Waals surface area contributed by atoms with Gasteiger partial charge in [-0.15, -0.1) is 10.2 Å². The number of aryl methyl sites for hydroxylation is 3. The molecule has 0 spiro atoms. The lowest BCUT2D eigenvalue weighted by molar-refractivity contribution is 0.627. The summed E-state index contributed by atoms with van der Waals surface area (Å²) in [6.07, 6.45) is 2.49. The quantitative estimate of drug-likeness (QED) is 0.776. The van der Waals surface area contributed by atoms with Crippen molar-refractivity contribution < 1.29 is 0 Å². The highest BCUT2D eigenvalue weighted by Crippen LogP contribution is 2.00. The largest absolute Gasteiger partial charge is 0.321 e. The molecule has 2 rings (SSSR count). The lowest BCUT2D eigenvalue weighted by Crippen LogP contribution is -2.07. The molecule has 0 atom stereocenters. The summed E-state index contributed by atoms with van der Waals surface area (Å²) in [5, 5.41) is 14.6. The van der Waals surface area contributed by atoms with Crippen molar-refractivity contribution in [3.63, 3.8) is 0 Å². The van der Waals surface area contributed by atoms with Gasteiger partial charge in [-0.1, -0.05) is 0 Å². The van der Waals surface area contributed by atoms with Gasteiger partial charge in [0.1, 0.15) is 18.0 Å². The minimum Gasteiger partial charge on any atom is -0.321 e. The van der Waals surface area contributed by atoms with Crippen LogP contribution in [0.2, 0.25) is 0 Å². The summed E-state index contributed by atoms with van der Waals surface area (Å²) in [5.74, 6) is 1.83. The second-order valence-corrected chi connectivity index (χ2v) is 3.72. The van der Waals surface area contributed by atoms with Gasteiger partial charge >= 0.3 is 0 Å². The van der Waals surface area contributed by atoms with Gasteiger partial charge in [0.25, 0.3) is 0 Å². The van der Waals surface area contributed by atoms with Crippen molar-refractivity contribution in [2.75, 3.05) is 0 Å². The smallest absolute Gasteiger partial charge is 0.195 e. The first-order valence-electron chi connectivity index (χ1n) is 4.63. The van der Waals surface area contributed by atoms with Crippen molar-refractivity contribution in [2.45, 2.75) is 19.9 Å². The number of hydrogen-bond donors (Lipinski definition) is 1. The maximum absolute atomic E-state index is 5.10. The SMILES string of the molecule is Cc1n[nH]c(=S)n1CCc1nncn1C. The van der Waals surface area contributed by atoms with Crippen molar-refractivity contribution in [1.29, 1.82) is 0 Å². The summed E-state index contributed by atoms with van der Waals surface area (Å²) in [5.41, 5.74) is 0. The van der Waals surface area contributed by atoms with E-state index < -0.39 is 0 Å². The molecule has 0 bridgehead atoms. The molecule has 2 heterocycles. The summed E-state index contributed by atoms with van der Waals surface area (Å²) in [7, 11) is 1.93. The molecule has 6 nitrogen and oxygen atoms in total. The standard InChI is InChI=1S/C8H12N6S/c1-6-10-12-8(15)14(6)4-3-7-11-9-5-13(7)2/h5H,3-4H2,1-2H3,(H,12,15). The second-order valence-electron chi connectivity index (χ2n) is 3.34. The van der Waals surface area contributed by atoms with Crippen LogP contribution in [-0.2, 0) is 20.0 Å². The first-order valence-corrected chi connectivity index (χ1v) is 5.04. The van der Waals surface area contributed by atoms with Gasteiger partial charge < -0.3 is 9.13 Å². The van der Waals surface area contributed by atoms with Gasteiger partial charge in [0.2, 0.25) is 0 Å². The van der Waals surface area contributed by atoms with Crippen LogP contribution in [0.4, 0.5) is 0 Å². The Morgan fingerprint density at radius 1 is 1.53 bits per heavy atom. The number of nitrogens with zero attached hydrogens (tertiary/aromatic N) is 5. The molecular formula is C8H12N6S. The average molecular weight is 224 g/mol. The van der Waals surface area contributed by atoms with Crippen LogP contribution in [0, 0.1) is 11.7 Å². The summed E-state index contributed by atoms with van der Waals surface area (Å²) in [4.78, 5) is 0. The molecule has 0 radical (unpaired) electrons. The van der Waals surface area contributed by atoms with Crippen LogP contribution in [0.1, 0.15) is 11.6 Å². The normalized spacial score (nSPS) is 10.8. The maximum atomic E-state index is 5.10. The molecule has 0 aliphatic carbocycles. The Bertz CT molecular complexity index is 507. The second kappa shape index (κ2) is 3.93. The lowest BCUT2D eigenvalue weighted by Gasteiger charge is -2.03. The summed E-state index contributed by atoms with van der Waals surface area (Å²) < 4.78 is 4.50. The monoisotopic (exact) mass is 224 g/mol. The zero-order chi connectivity index (χ0) is 10.8. The van der Waals surface area contributed by atoms with E-state index in [4.69, 9.17) is 12.2 Å². The van der Waals surface area contributed by atoms with Crippen molar-refractivity contribution >= 4 is 12.2 Å². The topological polar surface area (TPSA) is 64.3 Å². The zero-order valence-electron chi connectivity index (χ0n) is 8.64. The highest BCUT2D eigenvalue weighted by Gasteiger charge is 2.04. The number of aromatic nitrogens is 6. The molecule has 80 valence electrons. The Kier molecular flexibility index (Phi) is 2.63. The third-order valence-corrected chi connectivity index (χ3v) is 2.62. The molecule has 0 aromatic carbocycles. The van der Waals surface area contributed by atoms with Crippen LogP contribution in [0.5, 0.6) is 0 Å². The molecule has 0 unspecified atom stereocenters. The first-order chi connectivity index (χ1) is 7.18. The molecule has 7 heteroatoms. The lowest BCUT2D eigenvalue weighted by atomic mass is 10.4. The van der Waals surface area contributed by atoms with E-state index in [0.717, 1.165) is 24.6 Å². The van der Waals surface area contributed by atoms with Gasteiger partial charge in [-0.25, -0.2) is 0 Å². The molecule has 0 saturated heterocycles. The van der Waals surface area contributed by atoms with Crippen LogP contribution in [0.15, 0.2) is 6.33 Å². The van der Waals surface area contributed by atoms with Crippen molar-refractivity contribution in [2.24, 2.45) is 7.05 Å². The molecule has 0 amide bonds. The predicted molar refractivity (Wildman–Crippen MR) is 56.9 cm³/mol. The van der Waals surface area contributed by atoms with Gasteiger partial charge in [-0.05, 0) is 19.1 Å². The number of H-pyrrole nitrogens is 1. The highest BCUT2D eigenvalue weighted by atomic mass is 32.1. The Labute approximate surface area is 92.0 Å². The van der Waals surface area contributed by atoms with Crippen LogP contribution >= 0.6 is 12.2 Å². The van der Waals surface area contributed by atoms with Crippen molar-refractivity contribution in [3.8, 4) is 0 Å². The maximum Gasteiger partial charge on any atom is 0.195 e. The van der Waals surface area contributed by atoms with Crippen molar-refractivity contribution in [1.82, 2.24) is 29.5 Å². The van der Waals surface area contributed by atoms with E-state index in [0.29, 0.717) is 4.77 Å². The number of nitrogens with one attached hydrogen (secondary N) is 1. The first kappa shape index (κ1) is 10.0. The van der Waals surface area contributed by atoms with Gasteiger partial charge in [-0.3, -0.25) is 5.10 Å². The fourth-order valence-corrected chi connectivity index (χ4v) is 1.67. The van der Waals surface area contributed by atoms with Crippen LogP contribution < -0.4 is 0 Å². The van der Waals surface area contributed by atoms with Crippen LogP contribution in [-0.4, -0.2) is 29.5 Å². The molecule has 15 heavy (non-hydrogen) atoms. The van der Waals surface area contributed by atoms with Crippen molar-refractivity contribution in [3.05, 3.63) is 22.7 Å². The fraction of sp³-hybridized carbons (Fsp3) is 0.500. The number of hydrogen-bond acceptors (Lipinski definition) is 4. The third-order valence-electron chi connectivity index (χ3n) is 2.31. The molecule has 0 saturated carbocycles. The van der Waals surface area contributed by atoms with Crippen LogP contribution in [0.3, 0.4) is 0 Å². The Morgan fingerprint density at radius 2 is 2.33 bits per heavy atom. The fourth-order valence-electron chi connectivity index (χ4n) is 1.41. The van der Waals surface area contributed by atoms with E-state index in [9.17, 15) is 0 Å². The minimum absolute atomic E-state index is 0.648.